The summed E-state index contributed by atoms with van der Waals surface area (Å²) in [5.74, 6) is 6.42. The molecule has 0 N–H and O–H groups in total. The minimum atomic E-state index is 0.560. The molecule has 0 spiro atoms. The topological polar surface area (TPSA) is 35.5 Å². The molecule has 84 valence electrons. The van der Waals surface area contributed by atoms with E-state index in [9.17, 15) is 4.79 Å². The normalized spacial score (nSPS) is 8.88. The molecule has 0 aliphatic heterocycles. The number of carbonyl (C=O) groups excluding carboxylic acids is 1. The Labute approximate surface area is 95.4 Å². The summed E-state index contributed by atoms with van der Waals surface area (Å²) in [7, 11) is 0. The summed E-state index contributed by atoms with van der Waals surface area (Å²) in [5.41, 5.74) is 0.735. The van der Waals surface area contributed by atoms with Gasteiger partial charge >= 0.3 is 0 Å². The van der Waals surface area contributed by atoms with Gasteiger partial charge in [0.15, 0.2) is 17.8 Å². The minimum Gasteiger partial charge on any atom is -0.490 e. The maximum absolute atomic E-state index is 10.1. The van der Waals surface area contributed by atoms with Crippen LogP contribution in [0.5, 0.6) is 11.5 Å². The van der Waals surface area contributed by atoms with Crippen LogP contribution in [0.2, 0.25) is 0 Å². The van der Waals surface area contributed by atoms with Crippen molar-refractivity contribution in [2.75, 3.05) is 13.2 Å². The van der Waals surface area contributed by atoms with Crippen molar-refractivity contribution >= 4 is 6.29 Å². The van der Waals surface area contributed by atoms with Gasteiger partial charge in [-0.05, 0) is 38.0 Å². The van der Waals surface area contributed by atoms with E-state index in [-0.39, 0.29) is 0 Å². The van der Waals surface area contributed by atoms with E-state index in [1.54, 1.807) is 18.2 Å². The van der Waals surface area contributed by atoms with Gasteiger partial charge in [-0.15, -0.1) is 0 Å². The molecule has 0 bridgehead atoms. The van der Waals surface area contributed by atoms with Crippen LogP contribution in [0.3, 0.4) is 0 Å². The van der Waals surface area contributed by atoms with Crippen molar-refractivity contribution in [3.05, 3.63) is 23.8 Å². The molecular formula is C13H14O3. The van der Waals surface area contributed by atoms with Gasteiger partial charge in [0.2, 0.25) is 0 Å². The molecule has 0 heterocycles. The Morgan fingerprint density at radius 2 is 1.88 bits per heavy atom. The third kappa shape index (κ3) is 3.32. The lowest BCUT2D eigenvalue weighted by molar-refractivity contribution is -0.103. The van der Waals surface area contributed by atoms with Crippen LogP contribution < -0.4 is 9.47 Å². The van der Waals surface area contributed by atoms with Gasteiger partial charge in [-0.25, -0.2) is 0 Å². The molecule has 0 unspecified atom stereocenters. The molecule has 1 aromatic rings. The van der Waals surface area contributed by atoms with Crippen LogP contribution in [0.15, 0.2) is 18.2 Å². The Kier molecular flexibility index (Phi) is 4.94. The molecular weight excluding hydrogens is 204 g/mol. The quantitative estimate of drug-likeness (QED) is 0.573. The molecule has 0 aliphatic rings. The second-order valence-corrected chi connectivity index (χ2v) is 2.91. The van der Waals surface area contributed by atoms with Crippen molar-refractivity contribution < 1.29 is 14.3 Å². The van der Waals surface area contributed by atoms with E-state index in [4.69, 9.17) is 9.47 Å². The molecule has 0 saturated carbocycles. The molecule has 0 fully saturated rings. The smallest absolute Gasteiger partial charge is 0.193 e. The average Bonchev–Trinajstić information content (AvgIpc) is 2.30. The van der Waals surface area contributed by atoms with Gasteiger partial charge in [-0.1, -0.05) is 5.92 Å². The molecule has 0 saturated heterocycles. The number of carbonyl (C=O) groups is 1. The SMILES string of the molecule is CCOc1ccc(C#CC=O)cc1OCC. The van der Waals surface area contributed by atoms with Crippen LogP contribution in [0.25, 0.3) is 0 Å². The van der Waals surface area contributed by atoms with Gasteiger partial charge in [0.05, 0.1) is 13.2 Å². The molecule has 3 nitrogen and oxygen atoms in total. The number of hydrogen-bond acceptors (Lipinski definition) is 3. The van der Waals surface area contributed by atoms with Crippen LogP contribution in [0.4, 0.5) is 0 Å². The number of aldehydes is 1. The summed E-state index contributed by atoms with van der Waals surface area (Å²) in [6, 6.07) is 5.36. The average molecular weight is 218 g/mol. The van der Waals surface area contributed by atoms with Gasteiger partial charge in [0.25, 0.3) is 0 Å². The van der Waals surface area contributed by atoms with E-state index in [0.29, 0.717) is 31.0 Å². The molecule has 0 aliphatic carbocycles. The number of benzene rings is 1. The summed E-state index contributed by atoms with van der Waals surface area (Å²) in [6.45, 7) is 4.96. The van der Waals surface area contributed by atoms with E-state index in [1.165, 1.54) is 0 Å². The fourth-order valence-electron chi connectivity index (χ4n) is 1.24. The maximum Gasteiger partial charge on any atom is 0.193 e. The monoisotopic (exact) mass is 218 g/mol. The predicted molar refractivity (Wildman–Crippen MR) is 61.7 cm³/mol. The van der Waals surface area contributed by atoms with Gasteiger partial charge in [0.1, 0.15) is 0 Å². The van der Waals surface area contributed by atoms with E-state index < -0.39 is 0 Å². The van der Waals surface area contributed by atoms with Crippen molar-refractivity contribution in [3.8, 4) is 23.3 Å². The highest BCUT2D eigenvalue weighted by Crippen LogP contribution is 2.28. The van der Waals surface area contributed by atoms with Crippen molar-refractivity contribution in [1.29, 1.82) is 0 Å². The lowest BCUT2D eigenvalue weighted by Crippen LogP contribution is -1.98. The molecule has 16 heavy (non-hydrogen) atoms. The predicted octanol–water partition coefficient (Wildman–Crippen LogP) is 2.03. The van der Waals surface area contributed by atoms with Crippen LogP contribution in [-0.2, 0) is 4.79 Å². The summed E-state index contributed by atoms with van der Waals surface area (Å²) in [4.78, 5) is 10.1. The Balaban J connectivity index is 3.01. The third-order valence-corrected chi connectivity index (χ3v) is 1.82. The van der Waals surface area contributed by atoms with Crippen LogP contribution in [0, 0.1) is 11.8 Å². The Morgan fingerprint density at radius 3 is 2.50 bits per heavy atom. The number of ether oxygens (including phenoxy) is 2. The number of hydrogen-bond donors (Lipinski definition) is 0. The highest BCUT2D eigenvalue weighted by atomic mass is 16.5. The zero-order chi connectivity index (χ0) is 11.8. The first-order valence-corrected chi connectivity index (χ1v) is 5.16. The Hall–Kier alpha value is -1.95. The van der Waals surface area contributed by atoms with Crippen LogP contribution in [0.1, 0.15) is 19.4 Å². The highest BCUT2D eigenvalue weighted by Gasteiger charge is 2.04. The first-order valence-electron chi connectivity index (χ1n) is 5.16. The third-order valence-electron chi connectivity index (χ3n) is 1.82. The molecule has 0 amide bonds. The van der Waals surface area contributed by atoms with E-state index in [2.05, 4.69) is 11.8 Å². The van der Waals surface area contributed by atoms with Crippen LogP contribution >= 0.6 is 0 Å². The van der Waals surface area contributed by atoms with Crippen molar-refractivity contribution in [2.45, 2.75) is 13.8 Å². The highest BCUT2D eigenvalue weighted by molar-refractivity contribution is 5.74. The molecule has 0 atom stereocenters. The fourth-order valence-corrected chi connectivity index (χ4v) is 1.24. The second kappa shape index (κ2) is 6.52. The first-order chi connectivity index (χ1) is 7.81. The lowest BCUT2D eigenvalue weighted by atomic mass is 10.2. The van der Waals surface area contributed by atoms with Gasteiger partial charge in [0, 0.05) is 5.56 Å². The van der Waals surface area contributed by atoms with Crippen molar-refractivity contribution in [2.24, 2.45) is 0 Å². The summed E-state index contributed by atoms with van der Waals surface area (Å²) in [6.07, 6.45) is 0.566. The van der Waals surface area contributed by atoms with Gasteiger partial charge in [-0.2, -0.15) is 0 Å². The zero-order valence-corrected chi connectivity index (χ0v) is 9.45. The van der Waals surface area contributed by atoms with Gasteiger partial charge < -0.3 is 9.47 Å². The first kappa shape index (κ1) is 12.1. The van der Waals surface area contributed by atoms with E-state index in [1.807, 2.05) is 13.8 Å². The molecule has 3 heteroatoms. The molecule has 0 aromatic heterocycles. The van der Waals surface area contributed by atoms with Crippen molar-refractivity contribution in [1.82, 2.24) is 0 Å². The lowest BCUT2D eigenvalue weighted by Gasteiger charge is -2.10. The van der Waals surface area contributed by atoms with Crippen LogP contribution in [-0.4, -0.2) is 19.5 Å². The Bertz CT molecular complexity index is 413. The molecule has 1 aromatic carbocycles. The largest absolute Gasteiger partial charge is 0.490 e. The van der Waals surface area contributed by atoms with Gasteiger partial charge in [-0.3, -0.25) is 4.79 Å². The maximum atomic E-state index is 10.1. The second-order valence-electron chi connectivity index (χ2n) is 2.91. The summed E-state index contributed by atoms with van der Waals surface area (Å²) in [5, 5.41) is 0. The fraction of sp³-hybridized carbons (Fsp3) is 0.308. The summed E-state index contributed by atoms with van der Waals surface area (Å²) >= 11 is 0. The van der Waals surface area contributed by atoms with E-state index >= 15 is 0 Å². The standard InChI is InChI=1S/C13H14O3/c1-3-15-12-8-7-11(6-5-9-14)10-13(12)16-4-2/h7-10H,3-4H2,1-2H3. The minimum absolute atomic E-state index is 0.560. The number of rotatable bonds is 4. The Morgan fingerprint density at radius 1 is 1.19 bits per heavy atom. The van der Waals surface area contributed by atoms with E-state index in [0.717, 1.165) is 5.56 Å². The van der Waals surface area contributed by atoms with Crippen molar-refractivity contribution in [3.63, 3.8) is 0 Å². The summed E-state index contributed by atoms with van der Waals surface area (Å²) < 4.78 is 10.8. The molecule has 1 rings (SSSR count). The molecule has 0 radical (unpaired) electrons. The zero-order valence-electron chi connectivity index (χ0n) is 9.45.